The number of carbonyl (C=O) groups excluding carboxylic acids is 1. The predicted molar refractivity (Wildman–Crippen MR) is 111 cm³/mol. The van der Waals surface area contributed by atoms with Gasteiger partial charge in [-0.2, -0.15) is 0 Å². The van der Waals surface area contributed by atoms with E-state index in [1.165, 1.54) is 0 Å². The summed E-state index contributed by atoms with van der Waals surface area (Å²) in [4.78, 5) is 21.3. The lowest BCUT2D eigenvalue weighted by Crippen LogP contribution is -2.02. The van der Waals surface area contributed by atoms with Crippen LogP contribution in [0.1, 0.15) is 21.8 Å². The maximum Gasteiger partial charge on any atom is 0.289 e. The quantitative estimate of drug-likeness (QED) is 0.395. The zero-order valence-electron chi connectivity index (χ0n) is 15.6. The molecule has 0 fully saturated rings. The molecule has 0 bridgehead atoms. The van der Waals surface area contributed by atoms with E-state index in [0.29, 0.717) is 17.1 Å². The van der Waals surface area contributed by atoms with Crippen LogP contribution in [0.4, 0.5) is 0 Å². The summed E-state index contributed by atoms with van der Waals surface area (Å²) in [7, 11) is 0. The Morgan fingerprint density at radius 2 is 1.73 bits per heavy atom. The van der Waals surface area contributed by atoms with Gasteiger partial charge < -0.3 is 8.98 Å². The first kappa shape index (κ1) is 18.2. The molecule has 0 saturated heterocycles. The van der Waals surface area contributed by atoms with Crippen LogP contribution in [-0.2, 0) is 6.54 Å². The summed E-state index contributed by atoms with van der Waals surface area (Å²) >= 11 is 5.99. The number of fused-ring (bicyclic) bond motifs is 1. The zero-order valence-corrected chi connectivity index (χ0v) is 16.3. The Morgan fingerprint density at radius 3 is 2.53 bits per heavy atom. The maximum atomic E-state index is 13.1. The number of para-hydroxylation sites is 1. The minimum Gasteiger partial charge on any atom is -0.410 e. The van der Waals surface area contributed by atoms with Crippen LogP contribution in [0.3, 0.4) is 0 Å². The molecule has 2 aromatic carbocycles. The third-order valence-electron chi connectivity index (χ3n) is 4.68. The van der Waals surface area contributed by atoms with E-state index in [0.717, 1.165) is 16.5 Å². The van der Waals surface area contributed by atoms with E-state index in [4.69, 9.17) is 16.0 Å². The third kappa shape index (κ3) is 3.35. The van der Waals surface area contributed by atoms with Crippen LogP contribution >= 0.6 is 11.6 Å². The van der Waals surface area contributed by atoms with Crippen molar-refractivity contribution in [3.05, 3.63) is 95.2 Å². The van der Waals surface area contributed by atoms with Crippen molar-refractivity contribution in [3.8, 4) is 11.7 Å². The monoisotopic (exact) mass is 415 g/mol. The van der Waals surface area contributed by atoms with Gasteiger partial charge in [-0.3, -0.25) is 4.79 Å². The summed E-state index contributed by atoms with van der Waals surface area (Å²) in [5.74, 6) is -0.0827. The number of halogens is 1. The van der Waals surface area contributed by atoms with Crippen LogP contribution in [-0.4, -0.2) is 30.5 Å². The molecule has 8 heteroatoms. The molecule has 7 nitrogen and oxygen atoms in total. The van der Waals surface area contributed by atoms with Crippen LogP contribution in [0.25, 0.3) is 22.6 Å². The number of rotatable bonds is 5. The van der Waals surface area contributed by atoms with Gasteiger partial charge in [0, 0.05) is 41.1 Å². The van der Waals surface area contributed by atoms with E-state index in [9.17, 15) is 4.79 Å². The van der Waals surface area contributed by atoms with Gasteiger partial charge >= 0.3 is 0 Å². The van der Waals surface area contributed by atoms with Crippen LogP contribution < -0.4 is 0 Å². The van der Waals surface area contributed by atoms with Crippen molar-refractivity contribution in [1.82, 2.24) is 24.7 Å². The minimum atomic E-state index is -0.351. The molecule has 0 N–H and O–H groups in total. The smallest absolute Gasteiger partial charge is 0.289 e. The van der Waals surface area contributed by atoms with E-state index in [1.807, 2.05) is 59.3 Å². The van der Waals surface area contributed by atoms with Gasteiger partial charge in [0.25, 0.3) is 17.6 Å². The van der Waals surface area contributed by atoms with Gasteiger partial charge in [-0.25, -0.2) is 9.97 Å². The van der Waals surface area contributed by atoms with Crippen molar-refractivity contribution in [3.63, 3.8) is 0 Å². The molecule has 0 amide bonds. The van der Waals surface area contributed by atoms with Crippen LogP contribution in [0.2, 0.25) is 5.02 Å². The van der Waals surface area contributed by atoms with Gasteiger partial charge in [-0.15, -0.1) is 10.2 Å². The van der Waals surface area contributed by atoms with Crippen LogP contribution in [0.15, 0.2) is 77.6 Å². The Bertz CT molecular complexity index is 1340. The molecular formula is C22H14ClN5O2. The lowest BCUT2D eigenvalue weighted by atomic mass is 10.1. The highest BCUT2D eigenvalue weighted by Crippen LogP contribution is 2.25. The average molecular weight is 416 g/mol. The number of hydrogen-bond acceptors (Lipinski definition) is 6. The van der Waals surface area contributed by atoms with Crippen LogP contribution in [0.5, 0.6) is 0 Å². The Balaban J connectivity index is 1.52. The third-order valence-corrected chi connectivity index (χ3v) is 4.93. The van der Waals surface area contributed by atoms with E-state index in [2.05, 4.69) is 20.2 Å². The molecule has 30 heavy (non-hydrogen) atoms. The fourth-order valence-corrected chi connectivity index (χ4v) is 3.40. The van der Waals surface area contributed by atoms with Crippen molar-refractivity contribution in [2.24, 2.45) is 0 Å². The number of aromatic nitrogens is 5. The predicted octanol–water partition coefficient (Wildman–Crippen LogP) is 4.41. The highest BCUT2D eigenvalue weighted by atomic mass is 35.5. The molecule has 0 atom stereocenters. The molecule has 3 aromatic heterocycles. The largest absolute Gasteiger partial charge is 0.410 e. The van der Waals surface area contributed by atoms with Crippen molar-refractivity contribution in [2.45, 2.75) is 6.54 Å². The standard InChI is InChI=1S/C22H14ClN5O2/c23-15-8-6-14(7-9-15)12-28-13-17(16-4-1-2-5-18(16)28)19(29)21-26-27-22(30-21)20-24-10-3-11-25-20/h1-11,13H,12H2. The van der Waals surface area contributed by atoms with Gasteiger partial charge in [0.05, 0.1) is 5.56 Å². The number of benzene rings is 2. The van der Waals surface area contributed by atoms with Crippen molar-refractivity contribution in [2.75, 3.05) is 0 Å². The van der Waals surface area contributed by atoms with Gasteiger partial charge in [0.15, 0.2) is 0 Å². The molecule has 3 heterocycles. The molecular weight excluding hydrogens is 402 g/mol. The average Bonchev–Trinajstić information content (AvgIpc) is 3.42. The second-order valence-electron chi connectivity index (χ2n) is 6.63. The Kier molecular flexibility index (Phi) is 4.57. The molecule has 146 valence electrons. The van der Waals surface area contributed by atoms with Crippen molar-refractivity contribution in [1.29, 1.82) is 0 Å². The van der Waals surface area contributed by atoms with Gasteiger partial charge in [0.2, 0.25) is 5.82 Å². The Labute approximate surface area is 176 Å². The van der Waals surface area contributed by atoms with E-state index in [-0.39, 0.29) is 23.4 Å². The lowest BCUT2D eigenvalue weighted by Gasteiger charge is -2.05. The molecule has 0 aliphatic heterocycles. The first-order valence-electron chi connectivity index (χ1n) is 9.17. The lowest BCUT2D eigenvalue weighted by molar-refractivity contribution is 0.100. The SMILES string of the molecule is O=C(c1nnc(-c2ncccn2)o1)c1cn(Cc2ccc(Cl)cc2)c2ccccc12. The van der Waals surface area contributed by atoms with Gasteiger partial charge in [-0.1, -0.05) is 41.9 Å². The molecule has 5 rings (SSSR count). The highest BCUT2D eigenvalue weighted by Gasteiger charge is 2.23. The highest BCUT2D eigenvalue weighted by molar-refractivity contribution is 6.30. The summed E-state index contributed by atoms with van der Waals surface area (Å²) in [6, 6.07) is 17.0. The normalized spacial score (nSPS) is 11.1. The number of hydrogen-bond donors (Lipinski definition) is 0. The zero-order chi connectivity index (χ0) is 20.5. The van der Waals surface area contributed by atoms with Gasteiger partial charge in [-0.05, 0) is 29.8 Å². The summed E-state index contributed by atoms with van der Waals surface area (Å²) in [6.07, 6.45) is 4.95. The number of nitrogens with zero attached hydrogens (tertiary/aromatic N) is 5. The summed E-state index contributed by atoms with van der Waals surface area (Å²) < 4.78 is 7.57. The summed E-state index contributed by atoms with van der Waals surface area (Å²) in [6.45, 7) is 0.595. The second kappa shape index (κ2) is 7.53. The molecule has 0 spiro atoms. The molecule has 0 saturated carbocycles. The van der Waals surface area contributed by atoms with E-state index in [1.54, 1.807) is 18.5 Å². The van der Waals surface area contributed by atoms with Crippen molar-refractivity contribution < 1.29 is 9.21 Å². The van der Waals surface area contributed by atoms with E-state index < -0.39 is 0 Å². The van der Waals surface area contributed by atoms with Crippen molar-refractivity contribution >= 4 is 28.3 Å². The summed E-state index contributed by atoms with van der Waals surface area (Å²) in [5, 5.41) is 9.32. The first-order valence-corrected chi connectivity index (χ1v) is 9.55. The summed E-state index contributed by atoms with van der Waals surface area (Å²) in [5.41, 5.74) is 2.49. The minimum absolute atomic E-state index is 0.101. The molecule has 0 unspecified atom stereocenters. The second-order valence-corrected chi connectivity index (χ2v) is 7.06. The Morgan fingerprint density at radius 1 is 0.967 bits per heavy atom. The fraction of sp³-hybridized carbons (Fsp3) is 0.0455. The molecule has 0 radical (unpaired) electrons. The Hall–Kier alpha value is -3.84. The molecule has 0 aliphatic rings. The topological polar surface area (TPSA) is 86.7 Å². The van der Waals surface area contributed by atoms with E-state index >= 15 is 0 Å². The number of ketones is 1. The maximum absolute atomic E-state index is 13.1. The molecule has 0 aliphatic carbocycles. The first-order chi connectivity index (χ1) is 14.7. The molecule has 5 aromatic rings. The van der Waals surface area contributed by atoms with Crippen LogP contribution in [0, 0.1) is 0 Å². The fourth-order valence-electron chi connectivity index (χ4n) is 3.28. The number of carbonyl (C=O) groups is 1. The van der Waals surface area contributed by atoms with Gasteiger partial charge in [0.1, 0.15) is 0 Å².